The number of hydrogen-bond acceptors (Lipinski definition) is 4. The molecule has 0 saturated carbocycles. The predicted molar refractivity (Wildman–Crippen MR) is 70.7 cm³/mol. The molecule has 2 aromatic carbocycles. The van der Waals surface area contributed by atoms with Gasteiger partial charge in [-0.15, -0.1) is 0 Å². The third-order valence-electron chi connectivity index (χ3n) is 3.01. The lowest BCUT2D eigenvalue weighted by atomic mass is 10.2. The highest BCUT2D eigenvalue weighted by Gasteiger charge is 2.13. The Hall–Kier alpha value is -2.50. The molecule has 0 fully saturated rings. The molecule has 0 aromatic heterocycles. The molecule has 6 heteroatoms. The van der Waals surface area contributed by atoms with E-state index >= 15 is 0 Å². The van der Waals surface area contributed by atoms with E-state index in [2.05, 4.69) is 5.32 Å². The molecule has 0 radical (unpaired) electrons. The van der Waals surface area contributed by atoms with Crippen LogP contribution in [0.4, 0.5) is 20.2 Å². The first-order valence-electron chi connectivity index (χ1n) is 6.00. The Morgan fingerprint density at radius 1 is 1.10 bits per heavy atom. The van der Waals surface area contributed by atoms with E-state index in [1.165, 1.54) is 0 Å². The summed E-state index contributed by atoms with van der Waals surface area (Å²) in [4.78, 5) is 0. The van der Waals surface area contributed by atoms with Crippen LogP contribution in [0.15, 0.2) is 30.3 Å². The first kappa shape index (κ1) is 12.5. The molecule has 0 bridgehead atoms. The summed E-state index contributed by atoms with van der Waals surface area (Å²) in [5.41, 5.74) is 6.56. The minimum Gasteiger partial charge on any atom is -0.454 e. The number of rotatable bonds is 3. The van der Waals surface area contributed by atoms with Crippen LogP contribution < -0.4 is 20.5 Å². The van der Waals surface area contributed by atoms with Crippen LogP contribution in [0.1, 0.15) is 5.56 Å². The Balaban J connectivity index is 1.77. The Kier molecular flexibility index (Phi) is 3.06. The van der Waals surface area contributed by atoms with Crippen LogP contribution in [-0.2, 0) is 6.54 Å². The topological polar surface area (TPSA) is 56.5 Å². The SMILES string of the molecule is Nc1c(F)cc(F)cc1NCc1ccc2c(c1)OCO2. The summed E-state index contributed by atoms with van der Waals surface area (Å²) >= 11 is 0. The lowest BCUT2D eigenvalue weighted by molar-refractivity contribution is 0.174. The zero-order valence-electron chi connectivity index (χ0n) is 10.5. The highest BCUT2D eigenvalue weighted by molar-refractivity contribution is 5.66. The van der Waals surface area contributed by atoms with Gasteiger partial charge in [0.25, 0.3) is 0 Å². The smallest absolute Gasteiger partial charge is 0.231 e. The standard InChI is InChI=1S/C14H12F2N2O2/c15-9-4-10(16)14(17)11(5-9)18-6-8-1-2-12-13(3-8)20-7-19-12/h1-5,18H,6-7,17H2. The summed E-state index contributed by atoms with van der Waals surface area (Å²) in [6, 6.07) is 7.34. The van der Waals surface area contributed by atoms with Gasteiger partial charge in [-0.3, -0.25) is 0 Å². The van der Waals surface area contributed by atoms with Gasteiger partial charge in [0.15, 0.2) is 17.3 Å². The molecule has 4 nitrogen and oxygen atoms in total. The molecule has 3 rings (SSSR count). The highest BCUT2D eigenvalue weighted by atomic mass is 19.1. The van der Waals surface area contributed by atoms with Gasteiger partial charge in [0.1, 0.15) is 5.82 Å². The van der Waals surface area contributed by atoms with Gasteiger partial charge in [0.05, 0.1) is 11.4 Å². The first-order valence-corrected chi connectivity index (χ1v) is 6.00. The maximum Gasteiger partial charge on any atom is 0.231 e. The summed E-state index contributed by atoms with van der Waals surface area (Å²) in [7, 11) is 0. The van der Waals surface area contributed by atoms with E-state index in [1.54, 1.807) is 12.1 Å². The monoisotopic (exact) mass is 278 g/mol. The lowest BCUT2D eigenvalue weighted by Crippen LogP contribution is -2.04. The van der Waals surface area contributed by atoms with E-state index in [0.717, 1.165) is 17.7 Å². The third kappa shape index (κ3) is 2.32. The van der Waals surface area contributed by atoms with E-state index in [0.29, 0.717) is 18.0 Å². The van der Waals surface area contributed by atoms with E-state index < -0.39 is 11.6 Å². The molecule has 0 unspecified atom stereocenters. The van der Waals surface area contributed by atoms with Crippen molar-refractivity contribution < 1.29 is 18.3 Å². The number of fused-ring (bicyclic) bond motifs is 1. The van der Waals surface area contributed by atoms with Gasteiger partial charge in [0, 0.05) is 12.6 Å². The van der Waals surface area contributed by atoms with Gasteiger partial charge >= 0.3 is 0 Å². The van der Waals surface area contributed by atoms with Gasteiger partial charge < -0.3 is 20.5 Å². The molecule has 104 valence electrons. The molecule has 0 amide bonds. The van der Waals surface area contributed by atoms with Gasteiger partial charge in [-0.25, -0.2) is 8.78 Å². The molecule has 0 saturated heterocycles. The minimum absolute atomic E-state index is 0.104. The van der Waals surface area contributed by atoms with Gasteiger partial charge in [0.2, 0.25) is 6.79 Å². The second-order valence-corrected chi connectivity index (χ2v) is 4.39. The molecule has 0 aliphatic carbocycles. The maximum absolute atomic E-state index is 13.3. The molecular formula is C14H12F2N2O2. The molecule has 1 aliphatic rings. The van der Waals surface area contributed by atoms with E-state index in [9.17, 15) is 8.78 Å². The normalized spacial score (nSPS) is 12.5. The van der Waals surface area contributed by atoms with Gasteiger partial charge in [-0.05, 0) is 23.8 Å². The number of anilines is 2. The van der Waals surface area contributed by atoms with Crippen molar-refractivity contribution in [1.82, 2.24) is 0 Å². The van der Waals surface area contributed by atoms with E-state index in [4.69, 9.17) is 15.2 Å². The summed E-state index contributed by atoms with van der Waals surface area (Å²) < 4.78 is 36.9. The Labute approximate surface area is 114 Å². The number of benzene rings is 2. The zero-order chi connectivity index (χ0) is 14.1. The Morgan fingerprint density at radius 2 is 1.90 bits per heavy atom. The third-order valence-corrected chi connectivity index (χ3v) is 3.01. The van der Waals surface area contributed by atoms with E-state index in [-0.39, 0.29) is 18.2 Å². The zero-order valence-corrected chi connectivity index (χ0v) is 10.5. The number of halogens is 2. The van der Waals surface area contributed by atoms with Crippen molar-refractivity contribution in [3.05, 3.63) is 47.5 Å². The molecule has 0 atom stereocenters. The van der Waals surface area contributed by atoms with E-state index in [1.807, 2.05) is 6.07 Å². The fourth-order valence-corrected chi connectivity index (χ4v) is 1.98. The summed E-state index contributed by atoms with van der Waals surface area (Å²) in [6.45, 7) is 0.567. The predicted octanol–water partition coefficient (Wildman–Crippen LogP) is 2.89. The van der Waals surface area contributed by atoms with Crippen LogP contribution in [0.25, 0.3) is 0 Å². The fourth-order valence-electron chi connectivity index (χ4n) is 1.98. The fraction of sp³-hybridized carbons (Fsp3) is 0.143. The van der Waals surface area contributed by atoms with Crippen molar-refractivity contribution >= 4 is 11.4 Å². The van der Waals surface area contributed by atoms with Crippen LogP contribution in [0.5, 0.6) is 11.5 Å². The lowest BCUT2D eigenvalue weighted by Gasteiger charge is -2.10. The molecule has 2 aromatic rings. The van der Waals surface area contributed by atoms with Crippen LogP contribution in [0, 0.1) is 11.6 Å². The molecular weight excluding hydrogens is 266 g/mol. The second kappa shape index (κ2) is 4.88. The molecule has 20 heavy (non-hydrogen) atoms. The van der Waals surface area contributed by atoms with Crippen molar-refractivity contribution in [2.75, 3.05) is 17.8 Å². The number of hydrogen-bond donors (Lipinski definition) is 2. The molecule has 1 aliphatic heterocycles. The average molecular weight is 278 g/mol. The largest absolute Gasteiger partial charge is 0.454 e. The van der Waals surface area contributed by atoms with Crippen molar-refractivity contribution in [1.29, 1.82) is 0 Å². The van der Waals surface area contributed by atoms with Crippen molar-refractivity contribution in [2.24, 2.45) is 0 Å². The highest BCUT2D eigenvalue weighted by Crippen LogP contribution is 2.33. The summed E-state index contributed by atoms with van der Waals surface area (Å²) in [6.07, 6.45) is 0. The summed E-state index contributed by atoms with van der Waals surface area (Å²) in [5.74, 6) is -0.115. The Bertz CT molecular complexity index is 662. The quantitative estimate of drug-likeness (QED) is 0.848. The molecule has 3 N–H and O–H groups in total. The molecule has 1 heterocycles. The van der Waals surface area contributed by atoms with Gasteiger partial charge in [-0.2, -0.15) is 0 Å². The van der Waals surface area contributed by atoms with Crippen LogP contribution in [0.2, 0.25) is 0 Å². The van der Waals surface area contributed by atoms with Crippen LogP contribution in [-0.4, -0.2) is 6.79 Å². The van der Waals surface area contributed by atoms with Crippen LogP contribution >= 0.6 is 0 Å². The van der Waals surface area contributed by atoms with Crippen molar-refractivity contribution in [2.45, 2.75) is 6.54 Å². The second-order valence-electron chi connectivity index (χ2n) is 4.39. The summed E-state index contributed by atoms with van der Waals surface area (Å²) in [5, 5.41) is 2.90. The molecule has 0 spiro atoms. The average Bonchev–Trinajstić information content (AvgIpc) is 2.88. The number of nitrogens with one attached hydrogen (secondary N) is 1. The Morgan fingerprint density at radius 3 is 2.75 bits per heavy atom. The number of ether oxygens (including phenoxy) is 2. The minimum atomic E-state index is -0.779. The van der Waals surface area contributed by atoms with Crippen molar-refractivity contribution in [3.8, 4) is 11.5 Å². The van der Waals surface area contributed by atoms with Gasteiger partial charge in [-0.1, -0.05) is 6.07 Å². The van der Waals surface area contributed by atoms with Crippen LogP contribution in [0.3, 0.4) is 0 Å². The number of nitrogen functional groups attached to an aromatic ring is 1. The number of nitrogens with two attached hydrogens (primary N) is 1. The first-order chi connectivity index (χ1) is 9.63. The van der Waals surface area contributed by atoms with Crippen molar-refractivity contribution in [3.63, 3.8) is 0 Å². The maximum atomic E-state index is 13.3.